The van der Waals surface area contributed by atoms with E-state index in [0.29, 0.717) is 38.1 Å². The lowest BCUT2D eigenvalue weighted by Gasteiger charge is -2.33. The Hall–Kier alpha value is -0.980. The van der Waals surface area contributed by atoms with E-state index >= 15 is 0 Å². The number of nitrogens with one attached hydrogen (secondary N) is 1. The summed E-state index contributed by atoms with van der Waals surface area (Å²) in [5.74, 6) is 1.24. The fourth-order valence-corrected chi connectivity index (χ4v) is 2.07. The van der Waals surface area contributed by atoms with E-state index in [9.17, 15) is 0 Å². The fraction of sp³-hybridized carbons (Fsp3) is 0.818. The molecule has 0 saturated carbocycles. The molecular formula is C11H19N3O3. The lowest BCUT2D eigenvalue weighted by atomic mass is 9.93. The van der Waals surface area contributed by atoms with Gasteiger partial charge in [-0.2, -0.15) is 4.98 Å². The van der Waals surface area contributed by atoms with Crippen molar-refractivity contribution in [2.24, 2.45) is 0 Å². The third kappa shape index (κ3) is 2.65. The smallest absolute Gasteiger partial charge is 0.240 e. The van der Waals surface area contributed by atoms with Crippen molar-refractivity contribution < 1.29 is 14.0 Å². The van der Waals surface area contributed by atoms with E-state index in [1.54, 1.807) is 0 Å². The largest absolute Gasteiger partial charge is 0.381 e. The topological polar surface area (TPSA) is 69.4 Å². The van der Waals surface area contributed by atoms with Gasteiger partial charge in [-0.05, 0) is 14.0 Å². The van der Waals surface area contributed by atoms with Gasteiger partial charge < -0.3 is 19.3 Å². The molecule has 0 bridgehead atoms. The summed E-state index contributed by atoms with van der Waals surface area (Å²) in [7, 11) is 1.84. The average molecular weight is 241 g/mol. The zero-order chi connectivity index (χ0) is 12.1. The minimum absolute atomic E-state index is 0.428. The first-order valence-electron chi connectivity index (χ1n) is 6.00. The number of nitrogens with zero attached hydrogens (tertiary/aromatic N) is 2. The van der Waals surface area contributed by atoms with E-state index in [-0.39, 0.29) is 0 Å². The summed E-state index contributed by atoms with van der Waals surface area (Å²) in [5.41, 5.74) is -0.428. The van der Waals surface area contributed by atoms with Gasteiger partial charge >= 0.3 is 0 Å². The third-order valence-electron chi connectivity index (χ3n) is 2.92. The Kier molecular flexibility index (Phi) is 4.09. The predicted octanol–water partition coefficient (Wildman–Crippen LogP) is 0.831. The molecule has 1 aromatic heterocycles. The van der Waals surface area contributed by atoms with Crippen molar-refractivity contribution in [3.8, 4) is 0 Å². The monoisotopic (exact) mass is 241 g/mol. The van der Waals surface area contributed by atoms with E-state index in [4.69, 9.17) is 14.0 Å². The van der Waals surface area contributed by atoms with Gasteiger partial charge in [-0.1, -0.05) is 5.16 Å². The van der Waals surface area contributed by atoms with Gasteiger partial charge in [0.15, 0.2) is 0 Å². The summed E-state index contributed by atoms with van der Waals surface area (Å²) in [4.78, 5) is 4.39. The molecule has 0 amide bonds. The molecule has 0 unspecified atom stereocenters. The van der Waals surface area contributed by atoms with Crippen LogP contribution in [0, 0.1) is 0 Å². The van der Waals surface area contributed by atoms with Gasteiger partial charge in [-0.25, -0.2) is 0 Å². The van der Waals surface area contributed by atoms with Crippen LogP contribution >= 0.6 is 0 Å². The first-order valence-corrected chi connectivity index (χ1v) is 6.00. The second kappa shape index (κ2) is 5.57. The van der Waals surface area contributed by atoms with Crippen molar-refractivity contribution in [1.29, 1.82) is 0 Å². The molecule has 2 heterocycles. The Balaban J connectivity index is 2.18. The molecule has 0 spiro atoms. The highest BCUT2D eigenvalue weighted by Gasteiger charge is 2.39. The summed E-state index contributed by atoms with van der Waals surface area (Å²) < 4.78 is 16.4. The molecule has 2 rings (SSSR count). The molecule has 17 heavy (non-hydrogen) atoms. The van der Waals surface area contributed by atoms with Gasteiger partial charge in [0.25, 0.3) is 0 Å². The number of hydrogen-bond donors (Lipinski definition) is 1. The Morgan fingerprint density at radius 1 is 1.41 bits per heavy atom. The second-order valence-electron chi connectivity index (χ2n) is 4.08. The molecule has 0 aromatic carbocycles. The van der Waals surface area contributed by atoms with Crippen LogP contribution in [0.5, 0.6) is 0 Å². The molecule has 1 aliphatic heterocycles. The van der Waals surface area contributed by atoms with Gasteiger partial charge in [-0.15, -0.1) is 0 Å². The van der Waals surface area contributed by atoms with Gasteiger partial charge in [0.1, 0.15) is 5.60 Å². The molecule has 1 aliphatic rings. The Labute approximate surface area is 101 Å². The van der Waals surface area contributed by atoms with Gasteiger partial charge in [0.2, 0.25) is 11.7 Å². The molecular weight excluding hydrogens is 222 g/mol. The molecule has 0 radical (unpaired) electrons. The number of hydrogen-bond acceptors (Lipinski definition) is 6. The molecule has 1 N–H and O–H groups in total. The van der Waals surface area contributed by atoms with Crippen molar-refractivity contribution >= 4 is 0 Å². The van der Waals surface area contributed by atoms with Crippen LogP contribution in [-0.2, 0) is 21.6 Å². The van der Waals surface area contributed by atoms with Gasteiger partial charge in [0, 0.05) is 32.7 Å². The Morgan fingerprint density at radius 3 is 2.82 bits per heavy atom. The maximum absolute atomic E-state index is 5.86. The maximum atomic E-state index is 5.86. The number of aromatic nitrogens is 2. The molecule has 1 fully saturated rings. The first-order chi connectivity index (χ1) is 8.30. The van der Waals surface area contributed by atoms with E-state index in [1.165, 1.54) is 0 Å². The van der Waals surface area contributed by atoms with Crippen LogP contribution in [0.25, 0.3) is 0 Å². The van der Waals surface area contributed by atoms with Crippen LogP contribution in [0.4, 0.5) is 0 Å². The molecule has 96 valence electrons. The van der Waals surface area contributed by atoms with Crippen molar-refractivity contribution in [2.75, 3.05) is 26.9 Å². The average Bonchev–Trinajstić information content (AvgIpc) is 2.80. The lowest BCUT2D eigenvalue weighted by molar-refractivity contribution is -0.118. The summed E-state index contributed by atoms with van der Waals surface area (Å²) in [6.07, 6.45) is 1.55. The van der Waals surface area contributed by atoms with Crippen molar-refractivity contribution in [2.45, 2.75) is 31.9 Å². The highest BCUT2D eigenvalue weighted by atomic mass is 16.5. The lowest BCUT2D eigenvalue weighted by Crippen LogP contribution is -2.37. The molecule has 0 aliphatic carbocycles. The molecule has 0 atom stereocenters. The van der Waals surface area contributed by atoms with Crippen LogP contribution < -0.4 is 5.32 Å². The third-order valence-corrected chi connectivity index (χ3v) is 2.92. The summed E-state index contributed by atoms with van der Waals surface area (Å²) in [6, 6.07) is 0. The second-order valence-corrected chi connectivity index (χ2v) is 4.08. The SMILES string of the molecule is CCOC1(c2noc(CNC)n2)CCOCC1. The van der Waals surface area contributed by atoms with E-state index in [0.717, 1.165) is 12.8 Å². The van der Waals surface area contributed by atoms with Crippen LogP contribution in [0.2, 0.25) is 0 Å². The Bertz CT molecular complexity index is 342. The summed E-state index contributed by atoms with van der Waals surface area (Å²) in [5, 5.41) is 7.03. The predicted molar refractivity (Wildman–Crippen MR) is 60.4 cm³/mol. The van der Waals surface area contributed by atoms with Crippen molar-refractivity contribution in [3.05, 3.63) is 11.7 Å². The van der Waals surface area contributed by atoms with Crippen LogP contribution in [0.1, 0.15) is 31.5 Å². The quantitative estimate of drug-likeness (QED) is 0.823. The van der Waals surface area contributed by atoms with E-state index < -0.39 is 5.60 Å². The molecule has 6 heteroatoms. The van der Waals surface area contributed by atoms with Gasteiger partial charge in [0.05, 0.1) is 6.54 Å². The Morgan fingerprint density at radius 2 is 2.18 bits per heavy atom. The highest BCUT2D eigenvalue weighted by molar-refractivity contribution is 5.03. The summed E-state index contributed by atoms with van der Waals surface area (Å²) >= 11 is 0. The summed E-state index contributed by atoms with van der Waals surface area (Å²) in [6.45, 7) is 4.54. The zero-order valence-corrected chi connectivity index (χ0v) is 10.4. The highest BCUT2D eigenvalue weighted by Crippen LogP contribution is 2.34. The molecule has 1 aromatic rings. The minimum atomic E-state index is -0.428. The van der Waals surface area contributed by atoms with Crippen LogP contribution in [0.3, 0.4) is 0 Å². The van der Waals surface area contributed by atoms with Gasteiger partial charge in [-0.3, -0.25) is 0 Å². The standard InChI is InChI=1S/C11H19N3O3/c1-3-16-11(4-6-15-7-5-11)10-13-9(8-12-2)17-14-10/h12H,3-8H2,1-2H3. The van der Waals surface area contributed by atoms with Crippen molar-refractivity contribution in [3.63, 3.8) is 0 Å². The number of ether oxygens (including phenoxy) is 2. The van der Waals surface area contributed by atoms with E-state index in [2.05, 4.69) is 15.5 Å². The molecule has 6 nitrogen and oxygen atoms in total. The maximum Gasteiger partial charge on any atom is 0.240 e. The fourth-order valence-electron chi connectivity index (χ4n) is 2.07. The molecule has 1 saturated heterocycles. The van der Waals surface area contributed by atoms with Crippen molar-refractivity contribution in [1.82, 2.24) is 15.5 Å². The van der Waals surface area contributed by atoms with Crippen LogP contribution in [-0.4, -0.2) is 37.0 Å². The number of rotatable bonds is 5. The van der Waals surface area contributed by atoms with E-state index in [1.807, 2.05) is 14.0 Å². The normalized spacial score (nSPS) is 19.4. The minimum Gasteiger partial charge on any atom is -0.381 e. The first kappa shape index (κ1) is 12.5. The van der Waals surface area contributed by atoms with Crippen LogP contribution in [0.15, 0.2) is 4.52 Å². The zero-order valence-electron chi connectivity index (χ0n) is 10.4.